The molecule has 0 atom stereocenters. The number of methoxy groups -OCH3 is 2. The van der Waals surface area contributed by atoms with Gasteiger partial charge in [-0.1, -0.05) is 12.1 Å². The van der Waals surface area contributed by atoms with E-state index in [0.717, 1.165) is 22.9 Å². The number of anilines is 1. The lowest BCUT2D eigenvalue weighted by atomic mass is 10.0. The number of amides is 1. The zero-order valence-electron chi connectivity index (χ0n) is 20.2. The standard InChI is InChI=1S/C28H20F3N3O4/c1-36-24-13-21-22(14-25(24)37-2)32-11-10-23(21)38-18-7-8-19-16(12-18)4-3-5-20(19)27(35)34-26-9-6-17(15-33-26)28(29,30)31/h3-15H,1-2H3,(H,33,34,35). The van der Waals surface area contributed by atoms with Crippen molar-refractivity contribution in [3.63, 3.8) is 0 Å². The van der Waals surface area contributed by atoms with Gasteiger partial charge in [-0.25, -0.2) is 4.98 Å². The summed E-state index contributed by atoms with van der Waals surface area (Å²) < 4.78 is 55.3. The predicted molar refractivity (Wildman–Crippen MR) is 136 cm³/mol. The molecule has 0 saturated carbocycles. The number of ether oxygens (including phenoxy) is 3. The number of benzene rings is 3. The summed E-state index contributed by atoms with van der Waals surface area (Å²) in [5.74, 6) is 1.68. The molecule has 38 heavy (non-hydrogen) atoms. The van der Waals surface area contributed by atoms with Gasteiger partial charge in [0.2, 0.25) is 0 Å². The van der Waals surface area contributed by atoms with Gasteiger partial charge in [0.15, 0.2) is 11.5 Å². The van der Waals surface area contributed by atoms with Crippen molar-refractivity contribution < 1.29 is 32.2 Å². The monoisotopic (exact) mass is 519 g/mol. The minimum absolute atomic E-state index is 0.0107. The molecule has 2 heterocycles. The third kappa shape index (κ3) is 4.88. The average molecular weight is 519 g/mol. The Bertz CT molecular complexity index is 1650. The highest BCUT2D eigenvalue weighted by Gasteiger charge is 2.30. The lowest BCUT2D eigenvalue weighted by Crippen LogP contribution is -2.14. The second kappa shape index (κ2) is 9.89. The van der Waals surface area contributed by atoms with Crippen LogP contribution in [0.3, 0.4) is 0 Å². The largest absolute Gasteiger partial charge is 0.493 e. The number of hydrogen-bond acceptors (Lipinski definition) is 6. The van der Waals surface area contributed by atoms with Crippen molar-refractivity contribution in [3.05, 3.63) is 90.3 Å². The first-order valence-electron chi connectivity index (χ1n) is 11.3. The summed E-state index contributed by atoms with van der Waals surface area (Å²) in [5, 5.41) is 4.63. The van der Waals surface area contributed by atoms with E-state index in [-0.39, 0.29) is 5.82 Å². The van der Waals surface area contributed by atoms with Crippen molar-refractivity contribution >= 4 is 33.4 Å². The summed E-state index contributed by atoms with van der Waals surface area (Å²) in [6, 6.07) is 17.7. The Hall–Kier alpha value is -4.86. The van der Waals surface area contributed by atoms with Gasteiger partial charge in [0.25, 0.3) is 5.91 Å². The summed E-state index contributed by atoms with van der Waals surface area (Å²) in [6.45, 7) is 0. The van der Waals surface area contributed by atoms with E-state index in [0.29, 0.717) is 45.7 Å². The Balaban J connectivity index is 1.42. The zero-order chi connectivity index (χ0) is 26.9. The Morgan fingerprint density at radius 2 is 1.63 bits per heavy atom. The summed E-state index contributed by atoms with van der Waals surface area (Å²) >= 11 is 0. The van der Waals surface area contributed by atoms with Crippen molar-refractivity contribution in [1.82, 2.24) is 9.97 Å². The number of carbonyl (C=O) groups excluding carboxylic acids is 1. The van der Waals surface area contributed by atoms with E-state index >= 15 is 0 Å². The predicted octanol–water partition coefficient (Wildman–Crippen LogP) is 6.86. The zero-order valence-corrected chi connectivity index (χ0v) is 20.2. The SMILES string of the molecule is COc1cc2nccc(Oc3ccc4c(C(=O)Nc5ccc(C(F)(F)F)cn5)cccc4c3)c2cc1OC. The van der Waals surface area contributed by atoms with E-state index in [1.165, 1.54) is 0 Å². The van der Waals surface area contributed by atoms with E-state index in [9.17, 15) is 18.0 Å². The van der Waals surface area contributed by atoms with Crippen LogP contribution in [-0.4, -0.2) is 30.1 Å². The number of carbonyl (C=O) groups is 1. The maximum Gasteiger partial charge on any atom is 0.417 e. The lowest BCUT2D eigenvalue weighted by molar-refractivity contribution is -0.137. The molecule has 0 fully saturated rings. The van der Waals surface area contributed by atoms with Crippen LogP contribution in [-0.2, 0) is 6.18 Å². The molecule has 3 aromatic carbocycles. The van der Waals surface area contributed by atoms with Crippen molar-refractivity contribution in [1.29, 1.82) is 0 Å². The fourth-order valence-corrected chi connectivity index (χ4v) is 4.01. The molecule has 0 aliphatic rings. The quantitative estimate of drug-likeness (QED) is 0.264. The van der Waals surface area contributed by atoms with Gasteiger partial charge in [-0.05, 0) is 59.3 Å². The van der Waals surface area contributed by atoms with Crippen LogP contribution in [0.5, 0.6) is 23.0 Å². The first-order chi connectivity index (χ1) is 18.3. The molecule has 5 aromatic rings. The molecule has 0 bridgehead atoms. The van der Waals surface area contributed by atoms with E-state index in [4.69, 9.17) is 14.2 Å². The van der Waals surface area contributed by atoms with Gasteiger partial charge in [0.05, 0.1) is 25.3 Å². The molecule has 2 aromatic heterocycles. The third-order valence-corrected chi connectivity index (χ3v) is 5.86. The van der Waals surface area contributed by atoms with Gasteiger partial charge >= 0.3 is 6.18 Å². The van der Waals surface area contributed by atoms with Gasteiger partial charge in [0.1, 0.15) is 17.3 Å². The number of pyridine rings is 2. The topological polar surface area (TPSA) is 82.6 Å². The minimum Gasteiger partial charge on any atom is -0.493 e. The van der Waals surface area contributed by atoms with Gasteiger partial charge in [-0.3, -0.25) is 9.78 Å². The Morgan fingerprint density at radius 1 is 0.842 bits per heavy atom. The van der Waals surface area contributed by atoms with E-state index < -0.39 is 17.6 Å². The van der Waals surface area contributed by atoms with Gasteiger partial charge < -0.3 is 19.5 Å². The molecule has 0 saturated heterocycles. The molecule has 5 rings (SSSR count). The summed E-state index contributed by atoms with van der Waals surface area (Å²) in [4.78, 5) is 21.0. The number of fused-ring (bicyclic) bond motifs is 2. The van der Waals surface area contributed by atoms with Crippen LogP contribution in [0, 0.1) is 0 Å². The van der Waals surface area contributed by atoms with Gasteiger partial charge in [-0.2, -0.15) is 13.2 Å². The second-order valence-electron chi connectivity index (χ2n) is 8.21. The van der Waals surface area contributed by atoms with Crippen LogP contribution < -0.4 is 19.5 Å². The molecular formula is C28H20F3N3O4. The fourth-order valence-electron chi connectivity index (χ4n) is 4.01. The Kier molecular flexibility index (Phi) is 6.46. The van der Waals surface area contributed by atoms with Crippen LogP contribution in [0.25, 0.3) is 21.7 Å². The molecule has 10 heteroatoms. The summed E-state index contributed by atoms with van der Waals surface area (Å²) in [5.41, 5.74) is 0.103. The molecule has 0 aliphatic carbocycles. The Labute approximate surface area is 214 Å². The molecule has 1 N–H and O–H groups in total. The molecule has 0 unspecified atom stereocenters. The van der Waals surface area contributed by atoms with Crippen molar-refractivity contribution in [2.75, 3.05) is 19.5 Å². The Morgan fingerprint density at radius 3 is 2.34 bits per heavy atom. The third-order valence-electron chi connectivity index (χ3n) is 5.86. The molecule has 1 amide bonds. The number of halogens is 3. The van der Waals surface area contributed by atoms with Crippen molar-refractivity contribution in [2.24, 2.45) is 0 Å². The van der Waals surface area contributed by atoms with E-state index in [2.05, 4.69) is 15.3 Å². The number of aromatic nitrogens is 2. The maximum atomic E-state index is 12.9. The van der Waals surface area contributed by atoms with Crippen LogP contribution in [0.1, 0.15) is 15.9 Å². The normalized spacial score (nSPS) is 11.4. The van der Waals surface area contributed by atoms with Crippen LogP contribution in [0.2, 0.25) is 0 Å². The number of rotatable bonds is 6. The highest BCUT2D eigenvalue weighted by atomic mass is 19.4. The van der Waals surface area contributed by atoms with Crippen LogP contribution in [0.15, 0.2) is 79.1 Å². The molecular weight excluding hydrogens is 499 g/mol. The van der Waals surface area contributed by atoms with E-state index in [1.54, 1.807) is 68.9 Å². The molecule has 7 nitrogen and oxygen atoms in total. The molecule has 0 aliphatic heterocycles. The van der Waals surface area contributed by atoms with Crippen molar-refractivity contribution in [2.45, 2.75) is 6.18 Å². The highest BCUT2D eigenvalue weighted by Crippen LogP contribution is 2.37. The summed E-state index contributed by atoms with van der Waals surface area (Å²) in [6.07, 6.45) is -2.20. The second-order valence-corrected chi connectivity index (χ2v) is 8.21. The fraction of sp³-hybridized carbons (Fsp3) is 0.107. The minimum atomic E-state index is -4.51. The van der Waals surface area contributed by atoms with Gasteiger partial charge in [0, 0.05) is 29.4 Å². The average Bonchev–Trinajstić information content (AvgIpc) is 2.91. The maximum absolute atomic E-state index is 12.9. The number of nitrogens with zero attached hydrogens (tertiary/aromatic N) is 2. The van der Waals surface area contributed by atoms with E-state index in [1.807, 2.05) is 6.07 Å². The first-order valence-corrected chi connectivity index (χ1v) is 11.3. The van der Waals surface area contributed by atoms with Crippen LogP contribution in [0.4, 0.5) is 19.0 Å². The summed E-state index contributed by atoms with van der Waals surface area (Å²) in [7, 11) is 3.10. The molecule has 192 valence electrons. The lowest BCUT2D eigenvalue weighted by Gasteiger charge is -2.13. The highest BCUT2D eigenvalue weighted by molar-refractivity contribution is 6.12. The number of alkyl halides is 3. The number of nitrogens with one attached hydrogen (secondary N) is 1. The number of hydrogen-bond donors (Lipinski definition) is 1. The first kappa shape index (κ1) is 24.8. The van der Waals surface area contributed by atoms with Gasteiger partial charge in [-0.15, -0.1) is 0 Å². The molecule has 0 spiro atoms. The van der Waals surface area contributed by atoms with Crippen LogP contribution >= 0.6 is 0 Å². The van der Waals surface area contributed by atoms with Crippen molar-refractivity contribution in [3.8, 4) is 23.0 Å². The molecule has 0 radical (unpaired) electrons. The smallest absolute Gasteiger partial charge is 0.417 e.